The fourth-order valence-electron chi connectivity index (χ4n) is 2.75. The van der Waals surface area contributed by atoms with Gasteiger partial charge in [0.05, 0.1) is 9.77 Å². The zero-order valence-electron chi connectivity index (χ0n) is 15.4. The van der Waals surface area contributed by atoms with Crippen LogP contribution in [0.5, 0.6) is 0 Å². The van der Waals surface area contributed by atoms with Crippen LogP contribution in [0, 0.1) is 6.92 Å². The summed E-state index contributed by atoms with van der Waals surface area (Å²) in [5, 5.41) is 5.37. The molecule has 0 saturated carbocycles. The monoisotopic (exact) mass is 444 g/mol. The van der Waals surface area contributed by atoms with Crippen molar-refractivity contribution in [3.63, 3.8) is 0 Å². The van der Waals surface area contributed by atoms with E-state index < -0.39 is 9.84 Å². The van der Waals surface area contributed by atoms with Gasteiger partial charge in [-0.2, -0.15) is 4.98 Å². The molecule has 8 heteroatoms. The summed E-state index contributed by atoms with van der Waals surface area (Å²) in [6.07, 6.45) is 0. The van der Waals surface area contributed by atoms with Crippen LogP contribution in [0.25, 0.3) is 10.8 Å². The lowest BCUT2D eigenvalue weighted by Gasteiger charge is -2.07. The number of nitrogens with one attached hydrogen (secondary N) is 1. The first-order chi connectivity index (χ1) is 13.9. The quantitative estimate of drug-likeness (QED) is 0.406. The molecule has 0 aliphatic rings. The average molecular weight is 445 g/mol. The maximum atomic E-state index is 13.2. The molecule has 0 aliphatic carbocycles. The van der Waals surface area contributed by atoms with E-state index in [0.29, 0.717) is 11.6 Å². The Bertz CT molecular complexity index is 1230. The Morgan fingerprint density at radius 1 is 1.07 bits per heavy atom. The number of aryl methyl sites for hydroxylation is 1. The number of rotatable bonds is 6. The van der Waals surface area contributed by atoms with Crippen molar-refractivity contribution in [1.82, 2.24) is 4.98 Å². The third-order valence-electron chi connectivity index (χ3n) is 4.31. The molecular formula is C21H17ClN2O3S2. The third kappa shape index (κ3) is 4.07. The Morgan fingerprint density at radius 2 is 1.83 bits per heavy atom. The number of hydrogen-bond donors (Lipinski definition) is 1. The first-order valence-corrected chi connectivity index (χ1v) is 11.5. The van der Waals surface area contributed by atoms with Crippen LogP contribution in [-0.4, -0.2) is 13.4 Å². The number of nitrogens with zero attached hydrogens (tertiary/aromatic N) is 1. The van der Waals surface area contributed by atoms with Crippen LogP contribution in [0.3, 0.4) is 0 Å². The Labute approximate surface area is 177 Å². The van der Waals surface area contributed by atoms with Gasteiger partial charge in [-0.05, 0) is 42.1 Å². The van der Waals surface area contributed by atoms with Gasteiger partial charge in [0.15, 0.2) is 0 Å². The molecule has 29 heavy (non-hydrogen) atoms. The number of aromatic nitrogens is 1. The number of halogens is 1. The van der Waals surface area contributed by atoms with Crippen LogP contribution < -0.4 is 5.32 Å². The Hall–Kier alpha value is -2.61. The molecule has 0 amide bonds. The molecule has 0 saturated heterocycles. The Balaban J connectivity index is 1.75. The number of hydrogen-bond acceptors (Lipinski definition) is 6. The first-order valence-electron chi connectivity index (χ1n) is 8.79. The molecule has 0 bridgehead atoms. The van der Waals surface area contributed by atoms with Crippen LogP contribution in [0.15, 0.2) is 80.4 Å². The van der Waals surface area contributed by atoms with Gasteiger partial charge in [-0.3, -0.25) is 0 Å². The number of sulfone groups is 1. The third-order valence-corrected chi connectivity index (χ3v) is 7.22. The normalized spacial score (nSPS) is 11.5. The summed E-state index contributed by atoms with van der Waals surface area (Å²) >= 11 is 7.64. The molecule has 2 aromatic carbocycles. The van der Waals surface area contributed by atoms with Crippen molar-refractivity contribution in [2.24, 2.45) is 0 Å². The fourth-order valence-corrected chi connectivity index (χ4v) is 4.88. The largest absolute Gasteiger partial charge is 0.418 e. The van der Waals surface area contributed by atoms with E-state index in [1.165, 1.54) is 11.3 Å². The van der Waals surface area contributed by atoms with Crippen LogP contribution in [-0.2, 0) is 16.4 Å². The van der Waals surface area contributed by atoms with Gasteiger partial charge >= 0.3 is 0 Å². The van der Waals surface area contributed by atoms with Gasteiger partial charge in [0, 0.05) is 11.6 Å². The minimum atomic E-state index is -3.87. The molecule has 2 heterocycles. The highest BCUT2D eigenvalue weighted by Crippen LogP contribution is 2.34. The lowest BCUT2D eigenvalue weighted by atomic mass is 10.2. The standard InChI is InChI=1S/C21H17ClN2O3S2/c1-14-8-10-16(11-9-14)29(25,26)21-20(23-13-15-5-2-3-6-17(15)22)27-19(24-21)18-7-4-12-28-18/h2-12,23H,13H2,1H3. The summed E-state index contributed by atoms with van der Waals surface area (Å²) < 4.78 is 32.3. The molecule has 5 nitrogen and oxygen atoms in total. The molecule has 4 rings (SSSR count). The van der Waals surface area contributed by atoms with Gasteiger partial charge in [0.25, 0.3) is 0 Å². The highest BCUT2D eigenvalue weighted by atomic mass is 35.5. The van der Waals surface area contributed by atoms with Gasteiger partial charge in [-0.1, -0.05) is 53.6 Å². The van der Waals surface area contributed by atoms with E-state index in [0.717, 1.165) is 16.0 Å². The van der Waals surface area contributed by atoms with Crippen molar-refractivity contribution >= 4 is 38.7 Å². The van der Waals surface area contributed by atoms with Gasteiger partial charge in [-0.15, -0.1) is 11.3 Å². The Morgan fingerprint density at radius 3 is 2.52 bits per heavy atom. The minimum absolute atomic E-state index is 0.0916. The fraction of sp³-hybridized carbons (Fsp3) is 0.0952. The molecule has 0 spiro atoms. The van der Waals surface area contributed by atoms with E-state index in [9.17, 15) is 8.42 Å². The molecule has 4 aromatic rings. The van der Waals surface area contributed by atoms with Crippen molar-refractivity contribution in [2.75, 3.05) is 5.32 Å². The van der Waals surface area contributed by atoms with Crippen molar-refractivity contribution in [1.29, 1.82) is 0 Å². The summed E-state index contributed by atoms with van der Waals surface area (Å²) in [5.74, 6) is 0.348. The van der Waals surface area contributed by atoms with Crippen LogP contribution >= 0.6 is 22.9 Å². The zero-order chi connectivity index (χ0) is 20.4. The van der Waals surface area contributed by atoms with Crippen molar-refractivity contribution in [3.8, 4) is 10.8 Å². The average Bonchev–Trinajstić information content (AvgIpc) is 3.38. The number of oxazole rings is 1. The van der Waals surface area contributed by atoms with E-state index >= 15 is 0 Å². The molecule has 0 atom stereocenters. The van der Waals surface area contributed by atoms with Crippen LogP contribution in [0.1, 0.15) is 11.1 Å². The van der Waals surface area contributed by atoms with Crippen molar-refractivity contribution in [2.45, 2.75) is 23.4 Å². The second-order valence-electron chi connectivity index (χ2n) is 6.39. The zero-order valence-corrected chi connectivity index (χ0v) is 17.8. The van der Waals surface area contributed by atoms with Gasteiger partial charge in [0.1, 0.15) is 0 Å². The maximum Gasteiger partial charge on any atom is 0.240 e. The van der Waals surface area contributed by atoms with Gasteiger partial charge < -0.3 is 9.73 Å². The molecule has 0 aliphatic heterocycles. The van der Waals surface area contributed by atoms with E-state index in [-0.39, 0.29) is 21.7 Å². The van der Waals surface area contributed by atoms with E-state index in [1.807, 2.05) is 42.6 Å². The highest BCUT2D eigenvalue weighted by molar-refractivity contribution is 7.91. The van der Waals surface area contributed by atoms with E-state index in [1.54, 1.807) is 30.3 Å². The lowest BCUT2D eigenvalue weighted by Crippen LogP contribution is -2.07. The van der Waals surface area contributed by atoms with E-state index in [4.69, 9.17) is 16.0 Å². The predicted molar refractivity (Wildman–Crippen MR) is 115 cm³/mol. The summed E-state index contributed by atoms with van der Waals surface area (Å²) in [6.45, 7) is 2.20. The second kappa shape index (κ2) is 8.02. The van der Waals surface area contributed by atoms with Gasteiger partial charge in [-0.25, -0.2) is 8.42 Å². The maximum absolute atomic E-state index is 13.2. The lowest BCUT2D eigenvalue weighted by molar-refractivity contribution is 0.577. The molecule has 0 unspecified atom stereocenters. The smallest absolute Gasteiger partial charge is 0.240 e. The Kier molecular flexibility index (Phi) is 5.45. The molecule has 2 aromatic heterocycles. The van der Waals surface area contributed by atoms with Crippen LogP contribution in [0.4, 0.5) is 5.88 Å². The number of benzene rings is 2. The summed E-state index contributed by atoms with van der Waals surface area (Å²) in [7, 11) is -3.87. The predicted octanol–water partition coefficient (Wildman–Crippen LogP) is 5.81. The summed E-state index contributed by atoms with van der Waals surface area (Å²) in [5.41, 5.74) is 1.79. The first kappa shape index (κ1) is 19.7. The van der Waals surface area contributed by atoms with Crippen molar-refractivity contribution in [3.05, 3.63) is 82.2 Å². The molecular weight excluding hydrogens is 428 g/mol. The SMILES string of the molecule is Cc1ccc(S(=O)(=O)c2nc(-c3cccs3)oc2NCc2ccccc2Cl)cc1. The topological polar surface area (TPSA) is 72.2 Å². The minimum Gasteiger partial charge on any atom is -0.418 e. The molecule has 0 radical (unpaired) electrons. The van der Waals surface area contributed by atoms with Crippen molar-refractivity contribution < 1.29 is 12.8 Å². The molecule has 1 N–H and O–H groups in total. The summed E-state index contributed by atoms with van der Waals surface area (Å²) in [4.78, 5) is 5.23. The summed E-state index contributed by atoms with van der Waals surface area (Å²) in [6, 6.07) is 17.7. The van der Waals surface area contributed by atoms with Crippen LogP contribution in [0.2, 0.25) is 5.02 Å². The highest BCUT2D eigenvalue weighted by Gasteiger charge is 2.28. The van der Waals surface area contributed by atoms with Gasteiger partial charge in [0.2, 0.25) is 26.6 Å². The second-order valence-corrected chi connectivity index (χ2v) is 9.61. The molecule has 148 valence electrons. The number of anilines is 1. The van der Waals surface area contributed by atoms with E-state index in [2.05, 4.69) is 10.3 Å². The molecule has 0 fully saturated rings. The number of thiophene rings is 1.